The zero-order chi connectivity index (χ0) is 27.0. The molecular formula is C27H15BrClF3N2O2. The van der Waals surface area contributed by atoms with Gasteiger partial charge in [0.25, 0.3) is 0 Å². The van der Waals surface area contributed by atoms with Crippen molar-refractivity contribution in [1.29, 1.82) is 5.26 Å². The van der Waals surface area contributed by atoms with Gasteiger partial charge in [0.05, 0.1) is 28.8 Å². The average Bonchev–Trinajstić information content (AvgIpc) is 2.82. The molecule has 0 N–H and O–H groups in total. The zero-order valence-electron chi connectivity index (χ0n) is 18.8. The Balaban J connectivity index is 0.000000319. The van der Waals surface area contributed by atoms with E-state index < -0.39 is 11.7 Å². The van der Waals surface area contributed by atoms with Crippen molar-refractivity contribution >= 4 is 44.8 Å². The smallest absolute Gasteiger partial charge is 0.295 e. The Labute approximate surface area is 219 Å². The number of hydrogen-bond acceptors (Lipinski definition) is 3. The van der Waals surface area contributed by atoms with Crippen molar-refractivity contribution in [2.45, 2.75) is 20.0 Å². The maximum Gasteiger partial charge on any atom is 0.416 e. The van der Waals surface area contributed by atoms with E-state index in [0.717, 1.165) is 16.6 Å². The van der Waals surface area contributed by atoms with Crippen LogP contribution in [-0.4, -0.2) is 11.6 Å². The molecule has 0 aromatic heterocycles. The van der Waals surface area contributed by atoms with Gasteiger partial charge in [-0.2, -0.15) is 18.4 Å². The minimum absolute atomic E-state index is 0.0267. The van der Waals surface area contributed by atoms with E-state index >= 15 is 0 Å². The molecule has 0 atom stereocenters. The van der Waals surface area contributed by atoms with Gasteiger partial charge in [-0.3, -0.25) is 9.59 Å². The van der Waals surface area contributed by atoms with Crippen LogP contribution < -0.4 is 0 Å². The summed E-state index contributed by atoms with van der Waals surface area (Å²) in [7, 11) is 0. The fraction of sp³-hybridized carbons (Fsp3) is 0.111. The minimum Gasteiger partial charge on any atom is -0.295 e. The fourth-order valence-corrected chi connectivity index (χ4v) is 3.45. The van der Waals surface area contributed by atoms with Gasteiger partial charge in [0.1, 0.15) is 0 Å². The number of ketones is 2. The first-order valence-corrected chi connectivity index (χ1v) is 11.1. The number of benzene rings is 3. The van der Waals surface area contributed by atoms with Crippen molar-refractivity contribution in [2.75, 3.05) is 0 Å². The highest BCUT2D eigenvalue weighted by atomic mass is 79.9. The van der Waals surface area contributed by atoms with Gasteiger partial charge in [0.2, 0.25) is 0 Å². The van der Waals surface area contributed by atoms with Crippen molar-refractivity contribution in [3.8, 4) is 17.9 Å². The molecule has 0 fully saturated rings. The lowest BCUT2D eigenvalue weighted by Gasteiger charge is -2.07. The molecule has 0 heterocycles. The summed E-state index contributed by atoms with van der Waals surface area (Å²) in [5, 5.41) is 8.84. The van der Waals surface area contributed by atoms with Gasteiger partial charge in [0.15, 0.2) is 17.3 Å². The largest absolute Gasteiger partial charge is 0.416 e. The number of nitrogens with zero attached hydrogens (tertiary/aromatic N) is 2. The summed E-state index contributed by atoms with van der Waals surface area (Å²) >= 11 is 9.06. The van der Waals surface area contributed by atoms with Crippen LogP contribution in [0.4, 0.5) is 18.9 Å². The highest BCUT2D eigenvalue weighted by Gasteiger charge is 2.30. The van der Waals surface area contributed by atoms with Gasteiger partial charge >= 0.3 is 6.18 Å². The Morgan fingerprint density at radius 1 is 0.944 bits per heavy atom. The lowest BCUT2D eigenvalue weighted by atomic mass is 10.0. The lowest BCUT2D eigenvalue weighted by Crippen LogP contribution is -2.04. The van der Waals surface area contributed by atoms with E-state index in [1.807, 2.05) is 6.07 Å². The molecule has 3 aromatic carbocycles. The average molecular weight is 572 g/mol. The molecule has 0 radical (unpaired) electrons. The van der Waals surface area contributed by atoms with E-state index in [9.17, 15) is 22.8 Å². The number of carbonyl (C=O) groups excluding carboxylic acids is 2. The topological polar surface area (TPSA) is 62.3 Å². The maximum absolute atomic E-state index is 12.6. The van der Waals surface area contributed by atoms with Crippen LogP contribution in [0.1, 0.15) is 56.8 Å². The first-order valence-electron chi connectivity index (χ1n) is 9.98. The number of rotatable bonds is 2. The van der Waals surface area contributed by atoms with Crippen LogP contribution in [0.15, 0.2) is 59.1 Å². The maximum atomic E-state index is 12.6. The fourth-order valence-electron chi connectivity index (χ4n) is 2.74. The van der Waals surface area contributed by atoms with E-state index in [-0.39, 0.29) is 27.7 Å². The highest BCUT2D eigenvalue weighted by molar-refractivity contribution is 9.10. The molecule has 4 nitrogen and oxygen atoms in total. The molecule has 3 rings (SSSR count). The van der Waals surface area contributed by atoms with Gasteiger partial charge in [-0.1, -0.05) is 39.4 Å². The minimum atomic E-state index is -4.48. The Hall–Kier alpha value is -3.90. The molecule has 3 aromatic rings. The molecule has 0 unspecified atom stereocenters. The van der Waals surface area contributed by atoms with Crippen molar-refractivity contribution in [3.05, 3.63) is 109 Å². The van der Waals surface area contributed by atoms with E-state index in [0.29, 0.717) is 22.4 Å². The van der Waals surface area contributed by atoms with Gasteiger partial charge in [0, 0.05) is 26.7 Å². The second-order valence-electron chi connectivity index (χ2n) is 7.28. The van der Waals surface area contributed by atoms with Crippen molar-refractivity contribution in [1.82, 2.24) is 0 Å². The summed E-state index contributed by atoms with van der Waals surface area (Å²) in [6.07, 6.45) is -4.48. The molecule has 0 saturated heterocycles. The second kappa shape index (κ2) is 12.2. The molecular weight excluding hydrogens is 557 g/mol. The van der Waals surface area contributed by atoms with Gasteiger partial charge in [-0.15, -0.1) is 0 Å². The van der Waals surface area contributed by atoms with Crippen LogP contribution in [0.25, 0.3) is 4.85 Å². The molecule has 9 heteroatoms. The predicted molar refractivity (Wildman–Crippen MR) is 134 cm³/mol. The molecule has 0 aliphatic heterocycles. The standard InChI is InChI=1S/C18H9ClF3NO.C9H6BrNO/c1-11(24)15-7-12(6-13(8-15)10-23)2-3-14-4-5-16(9-17(14)19)18(20,21)22;1-6(12)7-3-8(10)5-9(4-7)11-2/h4-9H,1H3;3-5H,1H3. The third kappa shape index (κ3) is 8.10. The SMILES string of the molecule is CC(=O)c1cc(C#N)cc(C#Cc2ccc(C(F)(F)F)cc2Cl)c1.[C-]#[N+]c1cc(Br)cc(C(C)=O)c1. The number of hydrogen-bond donors (Lipinski definition) is 0. The summed E-state index contributed by atoms with van der Waals surface area (Å²) in [4.78, 5) is 25.6. The van der Waals surface area contributed by atoms with E-state index in [1.165, 1.54) is 38.1 Å². The van der Waals surface area contributed by atoms with Crippen LogP contribution in [-0.2, 0) is 6.18 Å². The number of halogens is 5. The quantitative estimate of drug-likeness (QED) is 0.178. The predicted octanol–water partition coefficient (Wildman–Crippen LogP) is 8.04. The van der Waals surface area contributed by atoms with Crippen molar-refractivity contribution < 1.29 is 22.8 Å². The third-order valence-electron chi connectivity index (χ3n) is 4.52. The van der Waals surface area contributed by atoms with E-state index in [1.54, 1.807) is 18.2 Å². The Bertz CT molecular complexity index is 1490. The van der Waals surface area contributed by atoms with Crippen LogP contribution >= 0.6 is 27.5 Å². The Kier molecular flexibility index (Phi) is 9.59. The number of carbonyl (C=O) groups is 2. The summed E-state index contributed by atoms with van der Waals surface area (Å²) < 4.78 is 38.6. The Morgan fingerprint density at radius 3 is 2.08 bits per heavy atom. The van der Waals surface area contributed by atoms with Crippen LogP contribution in [0.2, 0.25) is 5.02 Å². The van der Waals surface area contributed by atoms with Gasteiger partial charge in [-0.05, 0) is 68.4 Å². The number of alkyl halides is 3. The van der Waals surface area contributed by atoms with E-state index in [4.69, 9.17) is 23.4 Å². The molecule has 0 bridgehead atoms. The van der Waals surface area contributed by atoms with Crippen molar-refractivity contribution in [3.63, 3.8) is 0 Å². The highest BCUT2D eigenvalue weighted by Crippen LogP contribution is 2.32. The first kappa shape index (κ1) is 28.3. The summed E-state index contributed by atoms with van der Waals surface area (Å²) in [6.45, 7) is 9.61. The molecule has 0 saturated carbocycles. The molecule has 0 aliphatic rings. The molecule has 0 spiro atoms. The summed E-state index contributed by atoms with van der Waals surface area (Å²) in [6, 6.07) is 14.2. The number of Topliss-reactive ketones (excluding diaryl/α,β-unsaturated/α-hetero) is 2. The van der Waals surface area contributed by atoms with Crippen LogP contribution in [0.3, 0.4) is 0 Å². The summed E-state index contributed by atoms with van der Waals surface area (Å²) in [5.74, 6) is 5.12. The zero-order valence-corrected chi connectivity index (χ0v) is 21.1. The normalized spacial score (nSPS) is 10.0. The third-order valence-corrected chi connectivity index (χ3v) is 5.30. The van der Waals surface area contributed by atoms with Crippen LogP contribution in [0, 0.1) is 29.7 Å². The van der Waals surface area contributed by atoms with Crippen LogP contribution in [0.5, 0.6) is 0 Å². The monoisotopic (exact) mass is 570 g/mol. The van der Waals surface area contributed by atoms with E-state index in [2.05, 4.69) is 32.6 Å². The Morgan fingerprint density at radius 2 is 1.56 bits per heavy atom. The first-order chi connectivity index (χ1) is 16.8. The molecule has 0 aliphatic carbocycles. The molecule has 36 heavy (non-hydrogen) atoms. The molecule has 180 valence electrons. The van der Waals surface area contributed by atoms with Gasteiger partial charge in [-0.25, -0.2) is 4.85 Å². The van der Waals surface area contributed by atoms with Gasteiger partial charge < -0.3 is 0 Å². The van der Waals surface area contributed by atoms with Crippen molar-refractivity contribution in [2.24, 2.45) is 0 Å². The lowest BCUT2D eigenvalue weighted by molar-refractivity contribution is -0.137. The second-order valence-corrected chi connectivity index (χ2v) is 8.60. The molecule has 0 amide bonds. The summed E-state index contributed by atoms with van der Waals surface area (Å²) in [5.41, 5.74) is 1.40. The number of nitriles is 1.